The third kappa shape index (κ3) is 7.48. The Bertz CT molecular complexity index is 1380. The fourth-order valence-corrected chi connectivity index (χ4v) is 5.15. The zero-order chi connectivity index (χ0) is 30.9. The molecule has 2 amide bonds. The monoisotopic (exact) mass is 602 g/mol. The van der Waals surface area contributed by atoms with Gasteiger partial charge in [0.05, 0.1) is 11.6 Å². The molecule has 2 saturated carbocycles. The first-order chi connectivity index (χ1) is 20.4. The van der Waals surface area contributed by atoms with Gasteiger partial charge in [-0.25, -0.2) is 29.0 Å². The van der Waals surface area contributed by atoms with Crippen LogP contribution in [0.1, 0.15) is 69.8 Å². The molecule has 2 fully saturated rings. The molecule has 12 nitrogen and oxygen atoms in total. The minimum absolute atomic E-state index is 0.0239. The zero-order valence-electron chi connectivity index (χ0n) is 24.3. The van der Waals surface area contributed by atoms with E-state index in [0.29, 0.717) is 49.5 Å². The van der Waals surface area contributed by atoms with E-state index in [2.05, 4.69) is 20.7 Å². The highest BCUT2D eigenvalue weighted by atomic mass is 19.3. The number of anilines is 1. The highest BCUT2D eigenvalue weighted by Crippen LogP contribution is 2.33. The smallest absolute Gasteiger partial charge is 0.416 e. The molecule has 1 atom stereocenters. The molecule has 14 heteroatoms. The van der Waals surface area contributed by atoms with Crippen molar-refractivity contribution in [2.75, 3.05) is 11.4 Å². The molecule has 5 rings (SSSR count). The minimum atomic E-state index is -2.81. The molecule has 2 aromatic rings. The van der Waals surface area contributed by atoms with Crippen molar-refractivity contribution < 1.29 is 37.4 Å². The lowest BCUT2D eigenvalue weighted by molar-refractivity contribution is -0.143. The van der Waals surface area contributed by atoms with Gasteiger partial charge in [-0.3, -0.25) is 14.5 Å². The number of rotatable bonds is 9. The fraction of sp³-hybridized carbons (Fsp3) is 0.552. The number of nitrogens with zero attached hydrogens (tertiary/aromatic N) is 4. The van der Waals surface area contributed by atoms with E-state index in [9.17, 15) is 28.3 Å². The molecule has 2 aliphatic carbocycles. The van der Waals surface area contributed by atoms with Gasteiger partial charge >= 0.3 is 12.1 Å². The summed E-state index contributed by atoms with van der Waals surface area (Å²) in [6, 6.07) is 1.62. The van der Waals surface area contributed by atoms with Gasteiger partial charge in [0, 0.05) is 30.5 Å². The molecule has 3 N–H and O–H groups in total. The fourth-order valence-electron chi connectivity index (χ4n) is 5.15. The number of oxazole rings is 1. The number of carbonyl (C=O) groups is 3. The van der Waals surface area contributed by atoms with Gasteiger partial charge in [-0.15, -0.1) is 0 Å². The molecule has 2 aromatic heterocycles. The van der Waals surface area contributed by atoms with Crippen molar-refractivity contribution in [1.82, 2.24) is 25.7 Å². The summed E-state index contributed by atoms with van der Waals surface area (Å²) in [4.78, 5) is 47.3. The SMILES string of the molecule is CC(C)(C)OC(=O)N(CC1CC1)c1cc(-c2nc(C(=O)NC3=CN(C4CCC(C(=O)O)CC4)NC3C(F)F)co2)ccn1. The summed E-state index contributed by atoms with van der Waals surface area (Å²) in [5, 5.41) is 13.3. The Morgan fingerprint density at radius 3 is 2.56 bits per heavy atom. The van der Waals surface area contributed by atoms with E-state index in [4.69, 9.17) is 9.15 Å². The number of aromatic nitrogens is 2. The number of ether oxygens (including phenoxy) is 1. The van der Waals surface area contributed by atoms with E-state index >= 15 is 0 Å². The maximum atomic E-state index is 13.9. The molecule has 1 unspecified atom stereocenters. The Hall–Kier alpha value is -4.07. The number of alkyl halides is 2. The molecular formula is C29H36F2N6O6. The molecule has 0 aromatic carbocycles. The number of amides is 2. The van der Waals surface area contributed by atoms with E-state index in [-0.39, 0.29) is 23.3 Å². The van der Waals surface area contributed by atoms with Crippen molar-refractivity contribution >= 4 is 23.8 Å². The van der Waals surface area contributed by atoms with Crippen molar-refractivity contribution in [3.05, 3.63) is 42.2 Å². The van der Waals surface area contributed by atoms with Crippen LogP contribution in [-0.2, 0) is 9.53 Å². The average Bonchev–Trinajstić information content (AvgIpc) is 3.45. The lowest BCUT2D eigenvalue weighted by Crippen LogP contribution is -2.47. The Morgan fingerprint density at radius 1 is 1.21 bits per heavy atom. The molecule has 1 aliphatic heterocycles. The number of hydrogen-bond donors (Lipinski definition) is 3. The van der Waals surface area contributed by atoms with E-state index in [1.165, 1.54) is 22.3 Å². The summed E-state index contributed by atoms with van der Waals surface area (Å²) in [5.41, 5.74) is 2.36. The van der Waals surface area contributed by atoms with Crippen LogP contribution in [0, 0.1) is 11.8 Å². The number of pyridine rings is 1. The molecule has 0 saturated heterocycles. The molecule has 43 heavy (non-hydrogen) atoms. The molecule has 0 spiro atoms. The second kappa shape index (κ2) is 12.3. The summed E-state index contributed by atoms with van der Waals surface area (Å²) < 4.78 is 38.9. The van der Waals surface area contributed by atoms with Crippen LogP contribution in [0.3, 0.4) is 0 Å². The lowest BCUT2D eigenvalue weighted by atomic mass is 9.86. The maximum absolute atomic E-state index is 13.9. The lowest BCUT2D eigenvalue weighted by Gasteiger charge is -2.33. The second-order valence-electron chi connectivity index (χ2n) is 12.2. The highest BCUT2D eigenvalue weighted by molar-refractivity contribution is 5.94. The van der Waals surface area contributed by atoms with E-state index in [0.717, 1.165) is 19.1 Å². The predicted octanol–water partition coefficient (Wildman–Crippen LogP) is 4.56. The molecule has 3 heterocycles. The number of carboxylic acids is 1. The number of hydrazine groups is 1. The molecule has 0 bridgehead atoms. The normalized spacial score (nSPS) is 22.3. The van der Waals surface area contributed by atoms with Gasteiger partial charge in [-0.1, -0.05) is 0 Å². The second-order valence-corrected chi connectivity index (χ2v) is 12.2. The number of carbonyl (C=O) groups excluding carboxylic acids is 2. The topological polar surface area (TPSA) is 150 Å². The summed E-state index contributed by atoms with van der Waals surface area (Å²) in [7, 11) is 0. The van der Waals surface area contributed by atoms with Gasteiger partial charge in [0.25, 0.3) is 12.3 Å². The predicted molar refractivity (Wildman–Crippen MR) is 150 cm³/mol. The van der Waals surface area contributed by atoms with Gasteiger partial charge in [-0.05, 0) is 77.3 Å². The largest absolute Gasteiger partial charge is 0.481 e. The first-order valence-electron chi connectivity index (χ1n) is 14.4. The van der Waals surface area contributed by atoms with Crippen LogP contribution in [0.15, 0.2) is 40.9 Å². The molecule has 3 aliphatic rings. The van der Waals surface area contributed by atoms with Gasteiger partial charge in [0.1, 0.15) is 23.7 Å². The van der Waals surface area contributed by atoms with Crippen LogP contribution in [-0.4, -0.2) is 68.7 Å². The van der Waals surface area contributed by atoms with Crippen LogP contribution in [0.2, 0.25) is 0 Å². The number of carboxylic acid groups (broad SMARTS) is 1. The standard InChI is InChI=1S/C29H36F2N6O6/c1-29(2,3)43-28(41)36(13-16-4-5-16)22-12-18(10-11-32-22)26-34-21(15-42-26)25(38)33-20-14-37(35-23(20)24(30)31)19-8-6-17(7-9-19)27(39)40/h10-12,14-17,19,23-24,35H,4-9,13H2,1-3H3,(H,33,38)(H,39,40). The number of hydrogen-bond acceptors (Lipinski definition) is 9. The minimum Gasteiger partial charge on any atom is -0.481 e. The Morgan fingerprint density at radius 2 is 1.93 bits per heavy atom. The van der Waals surface area contributed by atoms with E-state index in [1.54, 1.807) is 32.9 Å². The summed E-state index contributed by atoms with van der Waals surface area (Å²) in [6.07, 6.45) is 4.69. The number of aliphatic carboxylic acids is 1. The number of halogens is 2. The van der Waals surface area contributed by atoms with E-state index in [1.807, 2.05) is 0 Å². The van der Waals surface area contributed by atoms with Crippen LogP contribution in [0.25, 0.3) is 11.5 Å². The van der Waals surface area contributed by atoms with E-state index < -0.39 is 42.0 Å². The Kier molecular flexibility index (Phi) is 8.67. The zero-order valence-corrected chi connectivity index (χ0v) is 24.3. The summed E-state index contributed by atoms with van der Waals surface area (Å²) in [6.45, 7) is 5.81. The van der Waals surface area contributed by atoms with Gasteiger partial charge < -0.3 is 24.6 Å². The van der Waals surface area contributed by atoms with Crippen molar-refractivity contribution in [3.63, 3.8) is 0 Å². The van der Waals surface area contributed by atoms with Crippen LogP contribution < -0.4 is 15.6 Å². The molecule has 0 radical (unpaired) electrons. The van der Waals surface area contributed by atoms with Crippen LogP contribution >= 0.6 is 0 Å². The molecular weight excluding hydrogens is 566 g/mol. The Balaban J connectivity index is 1.28. The van der Waals surface area contributed by atoms with Crippen molar-refractivity contribution in [3.8, 4) is 11.5 Å². The van der Waals surface area contributed by atoms with Crippen molar-refractivity contribution in [2.45, 2.75) is 83.4 Å². The first kappa shape index (κ1) is 30.4. The third-order valence-electron chi connectivity index (χ3n) is 7.61. The Labute approximate surface area is 247 Å². The quantitative estimate of drug-likeness (QED) is 0.373. The summed E-state index contributed by atoms with van der Waals surface area (Å²) >= 11 is 0. The van der Waals surface area contributed by atoms with Crippen LogP contribution in [0.5, 0.6) is 0 Å². The third-order valence-corrected chi connectivity index (χ3v) is 7.61. The first-order valence-corrected chi connectivity index (χ1v) is 14.4. The average molecular weight is 603 g/mol. The van der Waals surface area contributed by atoms with Gasteiger partial charge in [-0.2, -0.15) is 0 Å². The number of nitrogens with one attached hydrogen (secondary N) is 2. The maximum Gasteiger partial charge on any atom is 0.416 e. The van der Waals surface area contributed by atoms with Gasteiger partial charge in [0.15, 0.2) is 5.69 Å². The van der Waals surface area contributed by atoms with Crippen molar-refractivity contribution in [1.29, 1.82) is 0 Å². The molecule has 232 valence electrons. The van der Waals surface area contributed by atoms with Crippen molar-refractivity contribution in [2.24, 2.45) is 11.8 Å². The highest BCUT2D eigenvalue weighted by Gasteiger charge is 2.38. The summed E-state index contributed by atoms with van der Waals surface area (Å²) in [5.74, 6) is -1.22. The van der Waals surface area contributed by atoms with Crippen LogP contribution in [0.4, 0.5) is 19.4 Å². The van der Waals surface area contributed by atoms with Gasteiger partial charge in [0.2, 0.25) is 5.89 Å².